The molecule has 2 aliphatic rings. The van der Waals surface area contributed by atoms with E-state index in [1.165, 1.54) is 30.2 Å². The number of aromatic nitrogens is 4. The molecule has 0 N–H and O–H groups in total. The van der Waals surface area contributed by atoms with E-state index in [0.29, 0.717) is 23.3 Å². The van der Waals surface area contributed by atoms with Crippen LogP contribution in [-0.4, -0.2) is 32.7 Å². The molecule has 2 heterocycles. The monoisotopic (exact) mass is 325 g/mol. The highest BCUT2D eigenvalue weighted by Crippen LogP contribution is 2.36. The number of halogens is 3. The summed E-state index contributed by atoms with van der Waals surface area (Å²) < 4.78 is 40.0. The molecular formula is C15H18F3N5. The highest BCUT2D eigenvalue weighted by atomic mass is 19.4. The molecule has 0 aliphatic heterocycles. The summed E-state index contributed by atoms with van der Waals surface area (Å²) in [5.41, 5.74) is 0.658. The van der Waals surface area contributed by atoms with Crippen LogP contribution in [0.25, 0.3) is 5.78 Å². The first-order valence-electron chi connectivity index (χ1n) is 7.97. The van der Waals surface area contributed by atoms with Crippen LogP contribution in [0.3, 0.4) is 0 Å². The summed E-state index contributed by atoms with van der Waals surface area (Å²) in [6.45, 7) is 3.52. The Labute approximate surface area is 131 Å². The first-order chi connectivity index (χ1) is 10.9. The van der Waals surface area contributed by atoms with Crippen molar-refractivity contribution in [1.82, 2.24) is 19.6 Å². The van der Waals surface area contributed by atoms with E-state index in [-0.39, 0.29) is 5.78 Å². The van der Waals surface area contributed by atoms with Crippen LogP contribution >= 0.6 is 0 Å². The normalized spacial score (nSPS) is 18.6. The molecule has 4 rings (SSSR count). The molecule has 0 bridgehead atoms. The van der Waals surface area contributed by atoms with Gasteiger partial charge in [0, 0.05) is 24.8 Å². The van der Waals surface area contributed by atoms with Crippen LogP contribution in [-0.2, 0) is 6.18 Å². The summed E-state index contributed by atoms with van der Waals surface area (Å²) in [7, 11) is 0. The third-order valence-electron chi connectivity index (χ3n) is 4.35. The molecule has 0 unspecified atom stereocenters. The third kappa shape index (κ3) is 3.11. The minimum absolute atomic E-state index is 0.0175. The van der Waals surface area contributed by atoms with Crippen molar-refractivity contribution in [2.45, 2.75) is 38.8 Å². The molecule has 0 spiro atoms. The number of nitrogens with zero attached hydrogens (tertiary/aromatic N) is 5. The molecule has 0 atom stereocenters. The molecule has 0 aromatic carbocycles. The second-order valence-corrected chi connectivity index (χ2v) is 6.69. The number of anilines is 1. The van der Waals surface area contributed by atoms with Gasteiger partial charge in [0.05, 0.1) is 0 Å². The van der Waals surface area contributed by atoms with Gasteiger partial charge in [-0.1, -0.05) is 0 Å². The number of aryl methyl sites for hydroxylation is 1. The molecule has 0 radical (unpaired) electrons. The van der Waals surface area contributed by atoms with Crippen molar-refractivity contribution in [3.63, 3.8) is 0 Å². The molecule has 2 saturated carbocycles. The van der Waals surface area contributed by atoms with Crippen LogP contribution in [0, 0.1) is 18.8 Å². The topological polar surface area (TPSA) is 46.3 Å². The Kier molecular flexibility index (Phi) is 3.24. The van der Waals surface area contributed by atoms with Crippen molar-refractivity contribution in [3.8, 4) is 0 Å². The lowest BCUT2D eigenvalue weighted by molar-refractivity contribution is -0.144. The van der Waals surface area contributed by atoms with Gasteiger partial charge in [0.2, 0.25) is 0 Å². The van der Waals surface area contributed by atoms with Gasteiger partial charge in [0.15, 0.2) is 0 Å². The van der Waals surface area contributed by atoms with Crippen molar-refractivity contribution in [3.05, 3.63) is 17.6 Å². The van der Waals surface area contributed by atoms with Gasteiger partial charge in [0.1, 0.15) is 5.82 Å². The Balaban J connectivity index is 1.77. The van der Waals surface area contributed by atoms with Crippen molar-refractivity contribution < 1.29 is 13.2 Å². The fourth-order valence-corrected chi connectivity index (χ4v) is 2.80. The van der Waals surface area contributed by atoms with Gasteiger partial charge in [-0.3, -0.25) is 0 Å². The van der Waals surface area contributed by atoms with E-state index >= 15 is 0 Å². The smallest absolute Gasteiger partial charge is 0.356 e. The molecule has 2 aromatic rings. The fourth-order valence-electron chi connectivity index (χ4n) is 2.80. The predicted molar refractivity (Wildman–Crippen MR) is 78.2 cm³/mol. The second kappa shape index (κ2) is 5.07. The molecular weight excluding hydrogens is 307 g/mol. The zero-order valence-electron chi connectivity index (χ0n) is 12.8. The average molecular weight is 325 g/mol. The molecule has 2 fully saturated rings. The standard InChI is InChI=1S/C15H18F3N5/c1-9-6-12(22(7-10-2-3-10)8-11-4-5-11)23-14(19-9)20-13(21-23)15(16,17)18/h6,10-11H,2-5,7-8H2,1H3. The van der Waals surface area contributed by atoms with E-state index in [0.717, 1.165) is 13.1 Å². The van der Waals surface area contributed by atoms with Gasteiger partial charge in [0.25, 0.3) is 11.6 Å². The highest BCUT2D eigenvalue weighted by Gasteiger charge is 2.37. The fraction of sp³-hybridized carbons (Fsp3) is 0.667. The van der Waals surface area contributed by atoms with Crippen LogP contribution in [0.15, 0.2) is 6.07 Å². The first-order valence-corrected chi connectivity index (χ1v) is 7.97. The SMILES string of the molecule is Cc1cc(N(CC2CC2)CC2CC2)n2nc(C(F)(F)F)nc2n1. The van der Waals surface area contributed by atoms with Gasteiger partial charge in [-0.25, -0.2) is 4.98 Å². The summed E-state index contributed by atoms with van der Waals surface area (Å²) in [6.07, 6.45) is 0.217. The van der Waals surface area contributed by atoms with E-state index in [2.05, 4.69) is 20.0 Å². The summed E-state index contributed by atoms with van der Waals surface area (Å²) in [5, 5.41) is 3.68. The Hall–Kier alpha value is -1.86. The van der Waals surface area contributed by atoms with Crippen LogP contribution in [0.5, 0.6) is 0 Å². The van der Waals surface area contributed by atoms with Crippen LogP contribution in [0.1, 0.15) is 37.2 Å². The highest BCUT2D eigenvalue weighted by molar-refractivity contribution is 5.48. The maximum absolute atomic E-state index is 12.9. The summed E-state index contributed by atoms with van der Waals surface area (Å²) >= 11 is 0. The maximum Gasteiger partial charge on any atom is 0.453 e. The zero-order chi connectivity index (χ0) is 16.2. The first kappa shape index (κ1) is 14.7. The number of alkyl halides is 3. The van der Waals surface area contributed by atoms with E-state index in [1.807, 2.05) is 6.07 Å². The molecule has 8 heteroatoms. The van der Waals surface area contributed by atoms with Crippen molar-refractivity contribution in [2.75, 3.05) is 18.0 Å². The molecule has 2 aromatic heterocycles. The van der Waals surface area contributed by atoms with Gasteiger partial charge in [-0.15, -0.1) is 5.10 Å². The molecule has 2 aliphatic carbocycles. The van der Waals surface area contributed by atoms with Crippen LogP contribution in [0.2, 0.25) is 0 Å². The molecule has 5 nitrogen and oxygen atoms in total. The largest absolute Gasteiger partial charge is 0.453 e. The average Bonchev–Trinajstić information content (AvgIpc) is 3.37. The van der Waals surface area contributed by atoms with E-state index in [1.54, 1.807) is 6.92 Å². The minimum Gasteiger partial charge on any atom is -0.356 e. The number of fused-ring (bicyclic) bond motifs is 1. The number of rotatable bonds is 5. The zero-order valence-corrected chi connectivity index (χ0v) is 12.8. The summed E-state index contributed by atoms with van der Waals surface area (Å²) in [6, 6.07) is 1.81. The number of hydrogen-bond acceptors (Lipinski definition) is 4. The summed E-state index contributed by atoms with van der Waals surface area (Å²) in [5.74, 6) is 0.846. The minimum atomic E-state index is -4.56. The van der Waals surface area contributed by atoms with E-state index < -0.39 is 12.0 Å². The van der Waals surface area contributed by atoms with Gasteiger partial charge in [-0.2, -0.15) is 22.7 Å². The second-order valence-electron chi connectivity index (χ2n) is 6.69. The molecule has 0 saturated heterocycles. The Bertz CT molecular complexity index is 717. The number of hydrogen-bond donors (Lipinski definition) is 0. The third-order valence-corrected chi connectivity index (χ3v) is 4.35. The van der Waals surface area contributed by atoms with Crippen molar-refractivity contribution >= 4 is 11.6 Å². The van der Waals surface area contributed by atoms with Crippen LogP contribution < -0.4 is 4.90 Å². The summed E-state index contributed by atoms with van der Waals surface area (Å²) in [4.78, 5) is 9.84. The lowest BCUT2D eigenvalue weighted by Gasteiger charge is -2.25. The van der Waals surface area contributed by atoms with Crippen molar-refractivity contribution in [2.24, 2.45) is 11.8 Å². The predicted octanol–water partition coefficient (Wildman–Crippen LogP) is 3.08. The Morgan fingerprint density at radius 1 is 1.13 bits per heavy atom. The maximum atomic E-state index is 12.9. The molecule has 0 amide bonds. The van der Waals surface area contributed by atoms with E-state index in [4.69, 9.17) is 0 Å². The molecule has 23 heavy (non-hydrogen) atoms. The van der Waals surface area contributed by atoms with Gasteiger partial charge < -0.3 is 4.90 Å². The quantitative estimate of drug-likeness (QED) is 0.847. The van der Waals surface area contributed by atoms with Crippen LogP contribution in [0.4, 0.5) is 19.0 Å². The van der Waals surface area contributed by atoms with E-state index in [9.17, 15) is 13.2 Å². The Morgan fingerprint density at radius 3 is 2.26 bits per heavy atom. The van der Waals surface area contributed by atoms with Gasteiger partial charge in [-0.05, 0) is 44.4 Å². The lowest BCUT2D eigenvalue weighted by Crippen LogP contribution is -2.30. The van der Waals surface area contributed by atoms with Crippen molar-refractivity contribution in [1.29, 1.82) is 0 Å². The lowest BCUT2D eigenvalue weighted by atomic mass is 10.3. The van der Waals surface area contributed by atoms with Gasteiger partial charge >= 0.3 is 6.18 Å². The molecule has 124 valence electrons. The Morgan fingerprint density at radius 2 is 1.74 bits per heavy atom.